The molecule has 3 aromatic carbocycles. The fourth-order valence-corrected chi connectivity index (χ4v) is 5.53. The molecule has 0 aliphatic rings. The van der Waals surface area contributed by atoms with E-state index in [4.69, 9.17) is 0 Å². The first kappa shape index (κ1) is 32.2. The lowest BCUT2D eigenvalue weighted by Gasteiger charge is -2.34. The summed E-state index contributed by atoms with van der Waals surface area (Å²) in [4.78, 5) is 29.1. The molecule has 41 heavy (non-hydrogen) atoms. The minimum absolute atomic E-state index is 0.0396. The maximum absolute atomic E-state index is 14.9. The van der Waals surface area contributed by atoms with Crippen molar-refractivity contribution in [2.75, 3.05) is 31.5 Å². The van der Waals surface area contributed by atoms with E-state index < -0.39 is 34.5 Å². The molecule has 0 spiro atoms. The zero-order valence-electron chi connectivity index (χ0n) is 23.5. The Balaban J connectivity index is 2.08. The molecule has 0 saturated carbocycles. The predicted octanol–water partition coefficient (Wildman–Crippen LogP) is 4.76. The summed E-state index contributed by atoms with van der Waals surface area (Å²) in [5.74, 6) is -1.78. The Labute approximate surface area is 250 Å². The van der Waals surface area contributed by atoms with Crippen LogP contribution in [0.3, 0.4) is 0 Å². The minimum atomic E-state index is -4.27. The summed E-state index contributed by atoms with van der Waals surface area (Å²) in [6.07, 6.45) is 1.86. The molecule has 11 heteroatoms. The van der Waals surface area contributed by atoms with Crippen LogP contribution in [0.2, 0.25) is 0 Å². The van der Waals surface area contributed by atoms with Crippen molar-refractivity contribution >= 4 is 43.6 Å². The van der Waals surface area contributed by atoms with Crippen LogP contribution in [0.15, 0.2) is 83.3 Å². The topological polar surface area (TPSA) is 90.0 Å². The minimum Gasteiger partial charge on any atom is -0.354 e. The maximum Gasteiger partial charge on any atom is 0.304 e. The first-order valence-electron chi connectivity index (χ1n) is 13.3. The van der Waals surface area contributed by atoms with Gasteiger partial charge >= 0.3 is 10.2 Å². The highest BCUT2D eigenvalue weighted by molar-refractivity contribution is 9.10. The molecule has 0 unspecified atom stereocenters. The number of amides is 2. The van der Waals surface area contributed by atoms with Crippen molar-refractivity contribution in [2.24, 2.45) is 0 Å². The molecule has 0 bridgehead atoms. The number of carbonyl (C=O) groups is 2. The summed E-state index contributed by atoms with van der Waals surface area (Å²) >= 11 is 3.41. The number of halogens is 2. The molecule has 3 rings (SSSR count). The van der Waals surface area contributed by atoms with Crippen molar-refractivity contribution in [1.82, 2.24) is 14.5 Å². The lowest BCUT2D eigenvalue weighted by molar-refractivity contribution is -0.140. The second-order valence-corrected chi connectivity index (χ2v) is 12.7. The third kappa shape index (κ3) is 8.85. The number of nitrogens with zero attached hydrogens (tertiary/aromatic N) is 3. The van der Waals surface area contributed by atoms with Gasteiger partial charge in [-0.15, -0.1) is 0 Å². The van der Waals surface area contributed by atoms with Crippen LogP contribution >= 0.6 is 15.9 Å². The van der Waals surface area contributed by atoms with Crippen LogP contribution < -0.4 is 9.62 Å². The number of rotatable bonds is 14. The Morgan fingerprint density at radius 1 is 0.927 bits per heavy atom. The quantitative estimate of drug-likeness (QED) is 0.256. The van der Waals surface area contributed by atoms with E-state index in [1.165, 1.54) is 37.2 Å². The van der Waals surface area contributed by atoms with E-state index in [2.05, 4.69) is 21.2 Å². The number of benzene rings is 3. The van der Waals surface area contributed by atoms with Gasteiger partial charge in [-0.05, 0) is 41.8 Å². The molecular weight excluding hydrogens is 611 g/mol. The molecule has 0 fully saturated rings. The summed E-state index contributed by atoms with van der Waals surface area (Å²) in [7, 11) is -1.65. The van der Waals surface area contributed by atoms with Gasteiger partial charge in [0.2, 0.25) is 11.8 Å². The van der Waals surface area contributed by atoms with E-state index in [1.54, 1.807) is 0 Å². The first-order valence-corrected chi connectivity index (χ1v) is 15.5. The summed E-state index contributed by atoms with van der Waals surface area (Å²) in [6.45, 7) is 1.79. The lowest BCUT2D eigenvalue weighted by atomic mass is 10.0. The van der Waals surface area contributed by atoms with Gasteiger partial charge in [-0.3, -0.25) is 9.59 Å². The number of carbonyl (C=O) groups excluding carboxylic acids is 2. The van der Waals surface area contributed by atoms with E-state index in [0.717, 1.165) is 43.1 Å². The van der Waals surface area contributed by atoms with Crippen LogP contribution in [0.4, 0.5) is 10.1 Å². The predicted molar refractivity (Wildman–Crippen MR) is 163 cm³/mol. The molecule has 0 saturated heterocycles. The summed E-state index contributed by atoms with van der Waals surface area (Å²) in [5.41, 5.74) is 1.32. The van der Waals surface area contributed by atoms with Crippen molar-refractivity contribution in [1.29, 1.82) is 0 Å². The second kappa shape index (κ2) is 15.1. The third-order valence-electron chi connectivity index (χ3n) is 6.51. The second-order valence-electron chi connectivity index (χ2n) is 9.75. The fourth-order valence-electron chi connectivity index (χ4n) is 4.20. The normalized spacial score (nSPS) is 12.1. The van der Waals surface area contributed by atoms with Crippen molar-refractivity contribution < 1.29 is 22.4 Å². The summed E-state index contributed by atoms with van der Waals surface area (Å²) < 4.78 is 44.1. The van der Waals surface area contributed by atoms with Gasteiger partial charge in [-0.2, -0.15) is 12.7 Å². The number of hydrogen-bond donors (Lipinski definition) is 1. The van der Waals surface area contributed by atoms with Crippen LogP contribution in [0.1, 0.15) is 30.9 Å². The van der Waals surface area contributed by atoms with Gasteiger partial charge in [-0.1, -0.05) is 83.9 Å². The molecule has 0 aliphatic carbocycles. The zero-order chi connectivity index (χ0) is 30.0. The average Bonchev–Trinajstić information content (AvgIpc) is 2.95. The SMILES string of the molecule is CCCCNC(=O)[C@@H](Cc1ccccc1)N(Cc1ccc(Br)cc1)C(=O)CN(c1ccccc1F)S(=O)(=O)N(C)C. The van der Waals surface area contributed by atoms with Crippen LogP contribution in [0.5, 0.6) is 0 Å². The van der Waals surface area contributed by atoms with Crippen molar-refractivity contribution in [3.05, 3.63) is 100 Å². The zero-order valence-corrected chi connectivity index (χ0v) is 25.9. The van der Waals surface area contributed by atoms with Gasteiger partial charge in [0.05, 0.1) is 5.69 Å². The van der Waals surface area contributed by atoms with Gasteiger partial charge < -0.3 is 10.2 Å². The van der Waals surface area contributed by atoms with E-state index in [1.807, 2.05) is 61.5 Å². The summed E-state index contributed by atoms with van der Waals surface area (Å²) in [5, 5.41) is 2.94. The highest BCUT2D eigenvalue weighted by Gasteiger charge is 2.35. The number of hydrogen-bond acceptors (Lipinski definition) is 4. The van der Waals surface area contributed by atoms with E-state index in [9.17, 15) is 22.4 Å². The summed E-state index contributed by atoms with van der Waals surface area (Å²) in [6, 6.07) is 21.1. The molecule has 2 amide bonds. The molecule has 1 N–H and O–H groups in total. The highest BCUT2D eigenvalue weighted by Crippen LogP contribution is 2.24. The molecule has 0 aliphatic heterocycles. The van der Waals surface area contributed by atoms with Gasteiger partial charge in [-0.25, -0.2) is 8.70 Å². The van der Waals surface area contributed by atoms with E-state index in [0.29, 0.717) is 6.54 Å². The van der Waals surface area contributed by atoms with Gasteiger partial charge in [0.25, 0.3) is 0 Å². The van der Waals surface area contributed by atoms with Gasteiger partial charge in [0, 0.05) is 38.1 Å². The van der Waals surface area contributed by atoms with Crippen LogP contribution in [-0.4, -0.2) is 62.7 Å². The molecule has 1 atom stereocenters. The molecule has 0 aromatic heterocycles. The van der Waals surface area contributed by atoms with Gasteiger partial charge in [0.1, 0.15) is 18.4 Å². The van der Waals surface area contributed by atoms with Crippen LogP contribution in [0.25, 0.3) is 0 Å². The van der Waals surface area contributed by atoms with Crippen LogP contribution in [-0.2, 0) is 32.8 Å². The molecule has 0 radical (unpaired) electrons. The number of unbranched alkanes of at least 4 members (excludes halogenated alkanes) is 1. The Morgan fingerprint density at radius 3 is 2.17 bits per heavy atom. The van der Waals surface area contributed by atoms with Crippen LogP contribution in [0, 0.1) is 5.82 Å². The van der Waals surface area contributed by atoms with Crippen molar-refractivity contribution in [3.8, 4) is 0 Å². The highest BCUT2D eigenvalue weighted by atomic mass is 79.9. The van der Waals surface area contributed by atoms with Gasteiger partial charge in [0.15, 0.2) is 0 Å². The Hall–Kier alpha value is -3.28. The molecule has 220 valence electrons. The molecular formula is C30H36BrFN4O4S. The Bertz CT molecular complexity index is 1410. The third-order valence-corrected chi connectivity index (χ3v) is 8.84. The fraction of sp³-hybridized carbons (Fsp3) is 0.333. The molecule has 3 aromatic rings. The Morgan fingerprint density at radius 2 is 1.56 bits per heavy atom. The van der Waals surface area contributed by atoms with E-state index in [-0.39, 0.29) is 24.6 Å². The smallest absolute Gasteiger partial charge is 0.304 e. The average molecular weight is 648 g/mol. The standard InChI is InChI=1S/C30H36BrFN4O4S/c1-4-5-19-33-30(38)28(20-23-11-7-6-8-12-23)35(21-24-15-17-25(31)18-16-24)29(37)22-36(41(39,40)34(2)3)27-14-10-9-13-26(27)32/h6-18,28H,4-5,19-22H2,1-3H3,(H,33,38)/t28-/m1/s1. The Kier molecular flexibility index (Phi) is 11.9. The maximum atomic E-state index is 14.9. The number of anilines is 1. The monoisotopic (exact) mass is 646 g/mol. The largest absolute Gasteiger partial charge is 0.354 e. The van der Waals surface area contributed by atoms with E-state index >= 15 is 0 Å². The molecule has 8 nitrogen and oxygen atoms in total. The molecule has 0 heterocycles. The number of para-hydroxylation sites is 1. The van der Waals surface area contributed by atoms with Crippen molar-refractivity contribution in [2.45, 2.75) is 38.8 Å². The number of nitrogens with one attached hydrogen (secondary N) is 1. The first-order chi connectivity index (χ1) is 19.5. The lowest BCUT2D eigenvalue weighted by Crippen LogP contribution is -2.54. The van der Waals surface area contributed by atoms with Crippen molar-refractivity contribution in [3.63, 3.8) is 0 Å².